The molecular weight excluding hydrogens is 315 g/mol. The number of carbonyl (C=O) groups is 2. The summed E-state index contributed by atoms with van der Waals surface area (Å²) < 4.78 is 23.2. The van der Waals surface area contributed by atoms with E-state index in [0.717, 1.165) is 13.0 Å². The van der Waals surface area contributed by atoms with Gasteiger partial charge in [0.05, 0.1) is 13.2 Å². The highest BCUT2D eigenvalue weighted by atomic mass is 19.1. The number of hydrogen-bond acceptors (Lipinski definition) is 5. The highest BCUT2D eigenvalue weighted by molar-refractivity contribution is 5.77. The molecule has 0 spiro atoms. The number of halogens is 1. The molecule has 132 valence electrons. The third-order valence-electron chi connectivity index (χ3n) is 3.78. The molecule has 1 amide bonds. The van der Waals surface area contributed by atoms with E-state index in [0.29, 0.717) is 32.0 Å². The normalized spacial score (nSPS) is 15.7. The smallest absolute Gasteiger partial charge is 0.320 e. The molecule has 1 heterocycles. The third-order valence-corrected chi connectivity index (χ3v) is 3.78. The van der Waals surface area contributed by atoms with E-state index in [1.165, 1.54) is 24.3 Å². The maximum Gasteiger partial charge on any atom is 0.320 e. The molecule has 7 heteroatoms. The summed E-state index contributed by atoms with van der Waals surface area (Å²) in [7, 11) is 0. The molecule has 0 N–H and O–H groups in total. The molecule has 0 radical (unpaired) electrons. The monoisotopic (exact) mass is 338 g/mol. The lowest BCUT2D eigenvalue weighted by molar-refractivity contribution is -0.144. The van der Waals surface area contributed by atoms with Gasteiger partial charge in [-0.2, -0.15) is 0 Å². The fraction of sp³-hybridized carbons (Fsp3) is 0.529. The Labute approximate surface area is 141 Å². The minimum atomic E-state index is -0.345. The van der Waals surface area contributed by atoms with Crippen LogP contribution in [0.5, 0.6) is 5.75 Å². The van der Waals surface area contributed by atoms with Gasteiger partial charge in [0.25, 0.3) is 5.91 Å². The number of esters is 1. The van der Waals surface area contributed by atoms with Gasteiger partial charge < -0.3 is 14.4 Å². The van der Waals surface area contributed by atoms with Crippen LogP contribution in [0.4, 0.5) is 4.39 Å². The summed E-state index contributed by atoms with van der Waals surface area (Å²) in [5.74, 6) is -0.236. The van der Waals surface area contributed by atoms with E-state index in [-0.39, 0.29) is 30.8 Å². The van der Waals surface area contributed by atoms with Crippen molar-refractivity contribution in [3.05, 3.63) is 30.1 Å². The van der Waals surface area contributed by atoms with Gasteiger partial charge in [-0.05, 0) is 37.6 Å². The second-order valence-corrected chi connectivity index (χ2v) is 5.56. The van der Waals surface area contributed by atoms with Crippen molar-refractivity contribution in [2.45, 2.75) is 13.3 Å². The Bertz CT molecular complexity index is 550. The van der Waals surface area contributed by atoms with Gasteiger partial charge in [-0.25, -0.2) is 4.39 Å². The first kappa shape index (κ1) is 18.2. The second kappa shape index (κ2) is 9.22. The standard InChI is InChI=1S/C17H23FN2O4/c1-2-23-17(22)12-19-8-3-9-20(11-10-19)16(21)13-24-15-6-4-14(18)5-7-15/h4-7H,2-3,8-13H2,1H3. The van der Waals surface area contributed by atoms with Crippen LogP contribution in [0.1, 0.15) is 13.3 Å². The number of nitrogens with zero attached hydrogens (tertiary/aromatic N) is 2. The van der Waals surface area contributed by atoms with E-state index in [4.69, 9.17) is 9.47 Å². The van der Waals surface area contributed by atoms with Gasteiger partial charge in [0.15, 0.2) is 6.61 Å². The number of rotatable bonds is 6. The molecule has 1 fully saturated rings. The predicted octanol–water partition coefficient (Wildman–Crippen LogP) is 1.30. The van der Waals surface area contributed by atoms with E-state index >= 15 is 0 Å². The maximum atomic E-state index is 12.8. The molecule has 1 aromatic rings. The summed E-state index contributed by atoms with van der Waals surface area (Å²) in [4.78, 5) is 27.5. The molecule has 0 saturated carbocycles. The topological polar surface area (TPSA) is 59.1 Å². The first-order valence-corrected chi connectivity index (χ1v) is 8.12. The highest BCUT2D eigenvalue weighted by Gasteiger charge is 2.21. The first-order valence-electron chi connectivity index (χ1n) is 8.12. The van der Waals surface area contributed by atoms with Crippen molar-refractivity contribution >= 4 is 11.9 Å². The Balaban J connectivity index is 1.76. The minimum Gasteiger partial charge on any atom is -0.484 e. The molecule has 0 unspecified atom stereocenters. The largest absolute Gasteiger partial charge is 0.484 e. The number of amides is 1. The molecule has 0 aromatic heterocycles. The van der Waals surface area contributed by atoms with Crippen molar-refractivity contribution in [1.29, 1.82) is 0 Å². The van der Waals surface area contributed by atoms with Crippen molar-refractivity contribution in [2.75, 3.05) is 45.9 Å². The van der Waals surface area contributed by atoms with E-state index in [9.17, 15) is 14.0 Å². The molecule has 24 heavy (non-hydrogen) atoms. The summed E-state index contributed by atoms with van der Waals surface area (Å²) in [5.41, 5.74) is 0. The van der Waals surface area contributed by atoms with Crippen LogP contribution in [-0.4, -0.2) is 67.6 Å². The number of ether oxygens (including phenoxy) is 2. The van der Waals surface area contributed by atoms with Crippen molar-refractivity contribution in [1.82, 2.24) is 9.80 Å². The number of carbonyl (C=O) groups excluding carboxylic acids is 2. The average Bonchev–Trinajstić information content (AvgIpc) is 2.80. The SMILES string of the molecule is CCOC(=O)CN1CCCN(C(=O)COc2ccc(F)cc2)CC1. The van der Waals surface area contributed by atoms with Crippen LogP contribution in [-0.2, 0) is 14.3 Å². The quantitative estimate of drug-likeness (QED) is 0.732. The zero-order chi connectivity index (χ0) is 17.4. The van der Waals surface area contributed by atoms with E-state index in [2.05, 4.69) is 0 Å². The van der Waals surface area contributed by atoms with E-state index < -0.39 is 0 Å². The van der Waals surface area contributed by atoms with Crippen molar-refractivity contribution in [3.63, 3.8) is 0 Å². The van der Waals surface area contributed by atoms with E-state index in [1.807, 2.05) is 4.90 Å². The first-order chi connectivity index (χ1) is 11.6. The minimum absolute atomic E-state index is 0.0799. The van der Waals surface area contributed by atoms with Crippen molar-refractivity contribution in [3.8, 4) is 5.75 Å². The highest BCUT2D eigenvalue weighted by Crippen LogP contribution is 2.11. The molecule has 0 bridgehead atoms. The molecule has 2 rings (SSSR count). The van der Waals surface area contributed by atoms with Gasteiger partial charge in [-0.3, -0.25) is 14.5 Å². The van der Waals surface area contributed by atoms with Gasteiger partial charge in [0.1, 0.15) is 11.6 Å². The lowest BCUT2D eigenvalue weighted by Crippen LogP contribution is -2.39. The number of hydrogen-bond donors (Lipinski definition) is 0. The van der Waals surface area contributed by atoms with Gasteiger partial charge in [0.2, 0.25) is 0 Å². The molecule has 1 saturated heterocycles. The van der Waals surface area contributed by atoms with Crippen LogP contribution in [0.2, 0.25) is 0 Å². The summed E-state index contributed by atoms with van der Waals surface area (Å²) in [5, 5.41) is 0. The predicted molar refractivity (Wildman–Crippen MR) is 86.2 cm³/mol. The van der Waals surface area contributed by atoms with E-state index in [1.54, 1.807) is 11.8 Å². The lowest BCUT2D eigenvalue weighted by Gasteiger charge is -2.21. The third kappa shape index (κ3) is 5.81. The number of benzene rings is 1. The van der Waals surface area contributed by atoms with Crippen molar-refractivity contribution < 1.29 is 23.5 Å². The summed E-state index contributed by atoms with van der Waals surface area (Å²) in [6, 6.07) is 5.57. The molecular formula is C17H23FN2O4. The fourth-order valence-electron chi connectivity index (χ4n) is 2.53. The molecule has 1 aliphatic rings. The molecule has 1 aliphatic heterocycles. The van der Waals surface area contributed by atoms with Crippen LogP contribution >= 0.6 is 0 Å². The summed E-state index contributed by atoms with van der Waals surface area (Å²) >= 11 is 0. The van der Waals surface area contributed by atoms with Crippen LogP contribution in [0, 0.1) is 5.82 Å². The Morgan fingerprint density at radius 2 is 1.88 bits per heavy atom. The van der Waals surface area contributed by atoms with Crippen LogP contribution in [0.15, 0.2) is 24.3 Å². The average molecular weight is 338 g/mol. The Hall–Kier alpha value is -2.15. The summed E-state index contributed by atoms with van der Waals surface area (Å²) in [6.07, 6.45) is 0.793. The Morgan fingerprint density at radius 1 is 1.12 bits per heavy atom. The van der Waals surface area contributed by atoms with Gasteiger partial charge in [-0.1, -0.05) is 0 Å². The van der Waals surface area contributed by atoms with Gasteiger partial charge >= 0.3 is 5.97 Å². The maximum absolute atomic E-state index is 12.8. The zero-order valence-electron chi connectivity index (χ0n) is 13.9. The van der Waals surface area contributed by atoms with Gasteiger partial charge in [-0.15, -0.1) is 0 Å². The lowest BCUT2D eigenvalue weighted by atomic mass is 10.3. The fourth-order valence-corrected chi connectivity index (χ4v) is 2.53. The van der Waals surface area contributed by atoms with Crippen molar-refractivity contribution in [2.24, 2.45) is 0 Å². The second-order valence-electron chi connectivity index (χ2n) is 5.56. The Morgan fingerprint density at radius 3 is 2.58 bits per heavy atom. The molecule has 1 aromatic carbocycles. The zero-order valence-corrected chi connectivity index (χ0v) is 13.9. The van der Waals surface area contributed by atoms with Gasteiger partial charge in [0, 0.05) is 26.2 Å². The molecule has 0 atom stereocenters. The summed E-state index contributed by atoms with van der Waals surface area (Å²) in [6.45, 7) is 4.88. The van der Waals surface area contributed by atoms with Crippen LogP contribution in [0.3, 0.4) is 0 Å². The Kier molecular flexibility index (Phi) is 6.99. The van der Waals surface area contributed by atoms with Crippen LogP contribution < -0.4 is 4.74 Å². The van der Waals surface area contributed by atoms with Crippen LogP contribution in [0.25, 0.3) is 0 Å². The molecule has 0 aliphatic carbocycles. The molecule has 6 nitrogen and oxygen atoms in total.